The molecule has 0 unspecified atom stereocenters. The molecule has 0 saturated carbocycles. The van der Waals surface area contributed by atoms with E-state index in [9.17, 15) is 0 Å². The summed E-state index contributed by atoms with van der Waals surface area (Å²) in [7, 11) is 3.37. The van der Waals surface area contributed by atoms with E-state index in [2.05, 4.69) is 34.5 Å². The van der Waals surface area contributed by atoms with Gasteiger partial charge in [-0.25, -0.2) is 4.98 Å². The van der Waals surface area contributed by atoms with Gasteiger partial charge in [0.1, 0.15) is 0 Å². The number of pyridine rings is 1. The smallest absolute Gasteiger partial charge is 0.218 e. The second kappa shape index (κ2) is 6.73. The van der Waals surface area contributed by atoms with Gasteiger partial charge in [0, 0.05) is 31.4 Å². The van der Waals surface area contributed by atoms with Gasteiger partial charge in [-0.1, -0.05) is 6.07 Å². The molecule has 1 heterocycles. The van der Waals surface area contributed by atoms with Crippen molar-refractivity contribution in [3.63, 3.8) is 0 Å². The Labute approximate surface area is 102 Å². The maximum Gasteiger partial charge on any atom is 0.218 e. The average molecular weight is 236 g/mol. The highest BCUT2D eigenvalue weighted by molar-refractivity contribution is 5.79. The summed E-state index contributed by atoms with van der Waals surface area (Å²) in [5.74, 6) is 1.41. The third kappa shape index (κ3) is 4.30. The van der Waals surface area contributed by atoms with Crippen LogP contribution in [0.5, 0.6) is 5.88 Å². The van der Waals surface area contributed by atoms with E-state index in [-0.39, 0.29) is 0 Å². The predicted molar refractivity (Wildman–Crippen MR) is 69.3 cm³/mol. The van der Waals surface area contributed by atoms with Gasteiger partial charge in [-0.3, -0.25) is 4.99 Å². The number of nitrogens with zero attached hydrogens (tertiary/aromatic N) is 2. The number of hydrogen-bond donors (Lipinski definition) is 2. The normalized spacial score (nSPS) is 11.5. The van der Waals surface area contributed by atoms with E-state index < -0.39 is 0 Å². The Kier molecular flexibility index (Phi) is 5.26. The predicted octanol–water partition coefficient (Wildman–Crippen LogP) is 1.16. The van der Waals surface area contributed by atoms with Gasteiger partial charge in [0.25, 0.3) is 0 Å². The SMILES string of the molecule is CN=C(NCc1cccnc1OC)NC(C)C. The van der Waals surface area contributed by atoms with Crippen molar-refractivity contribution in [3.8, 4) is 5.88 Å². The number of guanidine groups is 1. The number of rotatable bonds is 4. The average Bonchev–Trinajstić information content (AvgIpc) is 2.34. The van der Waals surface area contributed by atoms with Gasteiger partial charge in [0.05, 0.1) is 7.11 Å². The molecule has 0 amide bonds. The Balaban J connectivity index is 2.60. The van der Waals surface area contributed by atoms with Crippen LogP contribution in [0.3, 0.4) is 0 Å². The lowest BCUT2D eigenvalue weighted by atomic mass is 10.2. The maximum atomic E-state index is 5.18. The van der Waals surface area contributed by atoms with E-state index in [1.54, 1.807) is 20.4 Å². The molecule has 0 radical (unpaired) electrons. The summed E-state index contributed by atoms with van der Waals surface area (Å²) < 4.78 is 5.18. The number of aliphatic imine (C=N–C) groups is 1. The first-order valence-electron chi connectivity index (χ1n) is 5.62. The van der Waals surface area contributed by atoms with Crippen molar-refractivity contribution in [2.75, 3.05) is 14.2 Å². The summed E-state index contributed by atoms with van der Waals surface area (Å²) in [5.41, 5.74) is 1.00. The molecule has 1 aromatic rings. The van der Waals surface area contributed by atoms with Crippen molar-refractivity contribution in [1.82, 2.24) is 15.6 Å². The lowest BCUT2D eigenvalue weighted by Crippen LogP contribution is -2.40. The van der Waals surface area contributed by atoms with Gasteiger partial charge in [0.15, 0.2) is 5.96 Å². The largest absolute Gasteiger partial charge is 0.481 e. The minimum absolute atomic E-state index is 0.344. The van der Waals surface area contributed by atoms with E-state index in [0.29, 0.717) is 18.5 Å². The van der Waals surface area contributed by atoms with E-state index in [0.717, 1.165) is 11.5 Å². The van der Waals surface area contributed by atoms with Crippen LogP contribution in [0.4, 0.5) is 0 Å². The fourth-order valence-corrected chi connectivity index (χ4v) is 1.39. The van der Waals surface area contributed by atoms with Gasteiger partial charge >= 0.3 is 0 Å². The van der Waals surface area contributed by atoms with Crippen LogP contribution in [0.15, 0.2) is 23.3 Å². The fourth-order valence-electron chi connectivity index (χ4n) is 1.39. The molecule has 0 bridgehead atoms. The van der Waals surface area contributed by atoms with Gasteiger partial charge in [-0.05, 0) is 19.9 Å². The Morgan fingerprint density at radius 1 is 1.53 bits per heavy atom. The van der Waals surface area contributed by atoms with Crippen LogP contribution in [0.1, 0.15) is 19.4 Å². The molecule has 0 spiro atoms. The van der Waals surface area contributed by atoms with Crippen molar-refractivity contribution in [3.05, 3.63) is 23.9 Å². The minimum Gasteiger partial charge on any atom is -0.481 e. The maximum absolute atomic E-state index is 5.18. The topological polar surface area (TPSA) is 58.5 Å². The molecule has 0 aliphatic heterocycles. The molecule has 0 atom stereocenters. The number of ether oxygens (including phenoxy) is 1. The van der Waals surface area contributed by atoms with Crippen molar-refractivity contribution >= 4 is 5.96 Å². The first kappa shape index (κ1) is 13.3. The summed E-state index contributed by atoms with van der Waals surface area (Å²) in [5, 5.41) is 6.43. The van der Waals surface area contributed by atoms with Crippen molar-refractivity contribution in [2.45, 2.75) is 26.4 Å². The van der Waals surface area contributed by atoms with Crippen LogP contribution in [-0.4, -0.2) is 31.1 Å². The Morgan fingerprint density at radius 2 is 2.29 bits per heavy atom. The lowest BCUT2D eigenvalue weighted by molar-refractivity contribution is 0.392. The zero-order valence-corrected chi connectivity index (χ0v) is 10.8. The molecule has 1 aromatic heterocycles. The Hall–Kier alpha value is -1.78. The zero-order chi connectivity index (χ0) is 12.7. The van der Waals surface area contributed by atoms with Crippen molar-refractivity contribution in [1.29, 1.82) is 0 Å². The standard InChI is InChI=1S/C12H20N4O/c1-9(2)16-12(13-3)15-8-10-6-5-7-14-11(10)17-4/h5-7,9H,8H2,1-4H3,(H2,13,15,16). The third-order valence-corrected chi connectivity index (χ3v) is 2.14. The quantitative estimate of drug-likeness (QED) is 0.608. The van der Waals surface area contributed by atoms with Gasteiger partial charge < -0.3 is 15.4 Å². The summed E-state index contributed by atoms with van der Waals surface area (Å²) >= 11 is 0. The third-order valence-electron chi connectivity index (χ3n) is 2.14. The summed E-state index contributed by atoms with van der Waals surface area (Å²) in [6.07, 6.45) is 1.71. The molecule has 17 heavy (non-hydrogen) atoms. The minimum atomic E-state index is 0.344. The molecule has 2 N–H and O–H groups in total. The molecule has 0 fully saturated rings. The highest BCUT2D eigenvalue weighted by atomic mass is 16.5. The lowest BCUT2D eigenvalue weighted by Gasteiger charge is -2.15. The number of aromatic nitrogens is 1. The number of methoxy groups -OCH3 is 1. The summed E-state index contributed by atoms with van der Waals surface area (Å²) in [6, 6.07) is 4.21. The number of hydrogen-bond acceptors (Lipinski definition) is 3. The first-order chi connectivity index (χ1) is 8.17. The Bertz CT molecular complexity index is 377. The van der Waals surface area contributed by atoms with Crippen LogP contribution in [0.2, 0.25) is 0 Å². The first-order valence-corrected chi connectivity index (χ1v) is 5.62. The van der Waals surface area contributed by atoms with Crippen LogP contribution in [-0.2, 0) is 6.54 Å². The van der Waals surface area contributed by atoms with E-state index >= 15 is 0 Å². The van der Waals surface area contributed by atoms with Gasteiger partial charge in [-0.15, -0.1) is 0 Å². The second-order valence-corrected chi connectivity index (χ2v) is 3.90. The van der Waals surface area contributed by atoms with Crippen molar-refractivity contribution in [2.24, 2.45) is 4.99 Å². The van der Waals surface area contributed by atoms with Crippen LogP contribution < -0.4 is 15.4 Å². The molecule has 0 aromatic carbocycles. The molecular formula is C12H20N4O. The molecule has 0 aliphatic rings. The van der Waals surface area contributed by atoms with Gasteiger partial charge in [0.2, 0.25) is 5.88 Å². The molecular weight excluding hydrogens is 216 g/mol. The molecule has 0 saturated heterocycles. The molecule has 0 aliphatic carbocycles. The van der Waals surface area contributed by atoms with Crippen molar-refractivity contribution < 1.29 is 4.74 Å². The summed E-state index contributed by atoms with van der Waals surface area (Å²) in [6.45, 7) is 4.76. The molecule has 5 nitrogen and oxygen atoms in total. The summed E-state index contributed by atoms with van der Waals surface area (Å²) in [4.78, 5) is 8.27. The van der Waals surface area contributed by atoms with Gasteiger partial charge in [-0.2, -0.15) is 0 Å². The molecule has 5 heteroatoms. The highest BCUT2D eigenvalue weighted by Gasteiger charge is 2.04. The van der Waals surface area contributed by atoms with E-state index in [4.69, 9.17) is 4.74 Å². The molecule has 1 rings (SSSR count). The molecule has 94 valence electrons. The zero-order valence-electron chi connectivity index (χ0n) is 10.8. The fraction of sp³-hybridized carbons (Fsp3) is 0.500. The van der Waals surface area contributed by atoms with Crippen LogP contribution in [0.25, 0.3) is 0 Å². The van der Waals surface area contributed by atoms with Crippen LogP contribution in [0, 0.1) is 0 Å². The monoisotopic (exact) mass is 236 g/mol. The highest BCUT2D eigenvalue weighted by Crippen LogP contribution is 2.12. The van der Waals surface area contributed by atoms with E-state index in [1.807, 2.05) is 12.1 Å². The van der Waals surface area contributed by atoms with Crippen LogP contribution >= 0.6 is 0 Å². The van der Waals surface area contributed by atoms with E-state index in [1.165, 1.54) is 0 Å². The number of nitrogens with one attached hydrogen (secondary N) is 2. The second-order valence-electron chi connectivity index (χ2n) is 3.90. The Morgan fingerprint density at radius 3 is 2.88 bits per heavy atom.